The first-order chi connectivity index (χ1) is 11.7. The van der Waals surface area contributed by atoms with Gasteiger partial charge < -0.3 is 9.73 Å². The van der Waals surface area contributed by atoms with Gasteiger partial charge >= 0.3 is 0 Å². The standard InChI is InChI=1S/C18H17N3O2S/c1-13-20-16(12-24-13)7-8-17(22)19-10-9-15-11-23-18(21-15)14-5-3-2-4-6-14/h2-8,11-12H,9-10H2,1H3,(H,19,22)/b8-7-. The molecule has 1 amide bonds. The normalized spacial score (nSPS) is 11.0. The Balaban J connectivity index is 1.47. The lowest BCUT2D eigenvalue weighted by Gasteiger charge is -1.99. The highest BCUT2D eigenvalue weighted by Crippen LogP contribution is 2.17. The molecule has 1 aromatic carbocycles. The molecule has 2 heterocycles. The number of rotatable bonds is 6. The molecule has 3 rings (SSSR count). The topological polar surface area (TPSA) is 68.0 Å². The number of aromatic nitrogens is 2. The van der Waals surface area contributed by atoms with Crippen LogP contribution in [0.2, 0.25) is 0 Å². The van der Waals surface area contributed by atoms with E-state index in [4.69, 9.17) is 4.42 Å². The van der Waals surface area contributed by atoms with Crippen LogP contribution in [0.15, 0.2) is 52.5 Å². The van der Waals surface area contributed by atoms with Crippen LogP contribution >= 0.6 is 11.3 Å². The average molecular weight is 339 g/mol. The van der Waals surface area contributed by atoms with E-state index in [-0.39, 0.29) is 5.91 Å². The van der Waals surface area contributed by atoms with E-state index in [2.05, 4.69) is 15.3 Å². The molecule has 0 radical (unpaired) electrons. The van der Waals surface area contributed by atoms with E-state index >= 15 is 0 Å². The molecule has 0 bridgehead atoms. The first kappa shape index (κ1) is 16.1. The number of nitrogens with one attached hydrogen (secondary N) is 1. The summed E-state index contributed by atoms with van der Waals surface area (Å²) in [6, 6.07) is 9.72. The summed E-state index contributed by atoms with van der Waals surface area (Å²) in [6.07, 6.45) is 5.45. The van der Waals surface area contributed by atoms with Gasteiger partial charge in [0.05, 0.1) is 16.4 Å². The Kier molecular flexibility index (Phi) is 5.18. The minimum absolute atomic E-state index is 0.146. The molecule has 0 aliphatic heterocycles. The zero-order chi connectivity index (χ0) is 16.8. The second-order valence-electron chi connectivity index (χ2n) is 5.18. The van der Waals surface area contributed by atoms with Crippen molar-refractivity contribution < 1.29 is 9.21 Å². The van der Waals surface area contributed by atoms with Crippen LogP contribution in [0.3, 0.4) is 0 Å². The van der Waals surface area contributed by atoms with E-state index in [1.807, 2.05) is 42.6 Å². The van der Waals surface area contributed by atoms with Gasteiger partial charge in [-0.3, -0.25) is 4.79 Å². The molecule has 1 N–H and O–H groups in total. The first-order valence-corrected chi connectivity index (χ1v) is 8.46. The number of thiazole rings is 1. The molecule has 3 aromatic rings. The zero-order valence-electron chi connectivity index (χ0n) is 13.2. The highest BCUT2D eigenvalue weighted by atomic mass is 32.1. The summed E-state index contributed by atoms with van der Waals surface area (Å²) in [7, 11) is 0. The van der Waals surface area contributed by atoms with Gasteiger partial charge in [-0.25, -0.2) is 9.97 Å². The fourth-order valence-electron chi connectivity index (χ4n) is 2.13. The maximum absolute atomic E-state index is 11.8. The van der Waals surface area contributed by atoms with Crippen LogP contribution in [0.1, 0.15) is 16.4 Å². The molecule has 0 atom stereocenters. The third-order valence-electron chi connectivity index (χ3n) is 3.30. The van der Waals surface area contributed by atoms with E-state index < -0.39 is 0 Å². The number of carbonyl (C=O) groups is 1. The van der Waals surface area contributed by atoms with Crippen molar-refractivity contribution in [2.45, 2.75) is 13.3 Å². The van der Waals surface area contributed by atoms with E-state index in [0.29, 0.717) is 18.9 Å². The monoisotopic (exact) mass is 339 g/mol. The highest BCUT2D eigenvalue weighted by Gasteiger charge is 2.06. The van der Waals surface area contributed by atoms with Crippen molar-refractivity contribution in [3.8, 4) is 11.5 Å². The highest BCUT2D eigenvalue weighted by molar-refractivity contribution is 7.09. The van der Waals surface area contributed by atoms with Crippen LogP contribution in [0, 0.1) is 6.92 Å². The van der Waals surface area contributed by atoms with E-state index in [9.17, 15) is 4.79 Å². The van der Waals surface area contributed by atoms with Crippen LogP contribution in [-0.2, 0) is 11.2 Å². The van der Waals surface area contributed by atoms with Crippen LogP contribution < -0.4 is 5.32 Å². The molecule has 0 unspecified atom stereocenters. The Morgan fingerprint density at radius 2 is 2.12 bits per heavy atom. The van der Waals surface area contributed by atoms with Crippen molar-refractivity contribution in [2.24, 2.45) is 0 Å². The molecule has 24 heavy (non-hydrogen) atoms. The van der Waals surface area contributed by atoms with Crippen molar-refractivity contribution in [2.75, 3.05) is 6.54 Å². The van der Waals surface area contributed by atoms with Crippen LogP contribution in [0.5, 0.6) is 0 Å². The Bertz CT molecular complexity index is 837. The predicted octanol–water partition coefficient (Wildman–Crippen LogP) is 3.48. The average Bonchev–Trinajstić information content (AvgIpc) is 3.23. The van der Waals surface area contributed by atoms with Crippen molar-refractivity contribution in [3.63, 3.8) is 0 Å². The molecule has 0 saturated heterocycles. The number of aryl methyl sites for hydroxylation is 1. The van der Waals surface area contributed by atoms with Crippen LogP contribution in [0.25, 0.3) is 17.5 Å². The zero-order valence-corrected chi connectivity index (χ0v) is 14.0. The van der Waals surface area contributed by atoms with Crippen molar-refractivity contribution >= 4 is 23.3 Å². The molecule has 0 fully saturated rings. The quantitative estimate of drug-likeness (QED) is 0.698. The number of amides is 1. The Morgan fingerprint density at radius 3 is 2.88 bits per heavy atom. The second kappa shape index (κ2) is 7.70. The molecule has 5 nitrogen and oxygen atoms in total. The van der Waals surface area contributed by atoms with Gasteiger partial charge in [-0.1, -0.05) is 18.2 Å². The van der Waals surface area contributed by atoms with Gasteiger partial charge in [0.25, 0.3) is 0 Å². The number of carbonyl (C=O) groups excluding carboxylic acids is 1. The van der Waals surface area contributed by atoms with Gasteiger partial charge in [0.1, 0.15) is 6.26 Å². The minimum Gasteiger partial charge on any atom is -0.444 e. The molecular weight excluding hydrogens is 322 g/mol. The van der Waals surface area contributed by atoms with Crippen LogP contribution in [-0.4, -0.2) is 22.4 Å². The lowest BCUT2D eigenvalue weighted by atomic mass is 10.2. The van der Waals surface area contributed by atoms with Crippen molar-refractivity contribution in [1.29, 1.82) is 0 Å². The molecule has 6 heteroatoms. The maximum atomic E-state index is 11.8. The molecule has 0 aliphatic carbocycles. The van der Waals surface area contributed by atoms with Gasteiger partial charge in [0.15, 0.2) is 0 Å². The van der Waals surface area contributed by atoms with Gasteiger partial charge in [-0.05, 0) is 25.1 Å². The lowest BCUT2D eigenvalue weighted by molar-refractivity contribution is -0.116. The molecular formula is C18H17N3O2S. The van der Waals surface area contributed by atoms with Gasteiger partial charge in [0, 0.05) is 30.0 Å². The summed E-state index contributed by atoms with van der Waals surface area (Å²) in [5.74, 6) is 0.447. The third kappa shape index (κ3) is 4.39. The van der Waals surface area contributed by atoms with E-state index in [1.54, 1.807) is 23.7 Å². The Labute approximate surface area is 144 Å². The summed E-state index contributed by atoms with van der Waals surface area (Å²) in [5, 5.41) is 5.72. The molecule has 122 valence electrons. The van der Waals surface area contributed by atoms with Gasteiger partial charge in [-0.2, -0.15) is 0 Å². The van der Waals surface area contributed by atoms with E-state index in [1.165, 1.54) is 6.08 Å². The number of hydrogen-bond acceptors (Lipinski definition) is 5. The number of oxazole rings is 1. The summed E-state index contributed by atoms with van der Waals surface area (Å²) in [5.41, 5.74) is 2.55. The number of benzene rings is 1. The fourth-order valence-corrected chi connectivity index (χ4v) is 2.71. The van der Waals surface area contributed by atoms with Crippen molar-refractivity contribution in [1.82, 2.24) is 15.3 Å². The summed E-state index contributed by atoms with van der Waals surface area (Å²) >= 11 is 1.56. The SMILES string of the molecule is Cc1nc(/C=C\C(=O)NCCc2coc(-c3ccccc3)n2)cs1. The molecule has 0 saturated carbocycles. The summed E-state index contributed by atoms with van der Waals surface area (Å²) in [6.45, 7) is 2.43. The number of hydrogen-bond donors (Lipinski definition) is 1. The summed E-state index contributed by atoms with van der Waals surface area (Å²) < 4.78 is 5.47. The predicted molar refractivity (Wildman–Crippen MR) is 94.5 cm³/mol. The Hall–Kier alpha value is -2.73. The summed E-state index contributed by atoms with van der Waals surface area (Å²) in [4.78, 5) is 20.5. The Morgan fingerprint density at radius 1 is 1.29 bits per heavy atom. The molecule has 0 spiro atoms. The smallest absolute Gasteiger partial charge is 0.244 e. The van der Waals surface area contributed by atoms with Crippen molar-refractivity contribution in [3.05, 3.63) is 64.4 Å². The fraction of sp³-hybridized carbons (Fsp3) is 0.167. The van der Waals surface area contributed by atoms with E-state index in [0.717, 1.165) is 22.0 Å². The van der Waals surface area contributed by atoms with Gasteiger partial charge in [0.2, 0.25) is 11.8 Å². The van der Waals surface area contributed by atoms with Gasteiger partial charge in [-0.15, -0.1) is 11.3 Å². The lowest BCUT2D eigenvalue weighted by Crippen LogP contribution is -2.23. The molecule has 0 aliphatic rings. The maximum Gasteiger partial charge on any atom is 0.244 e. The third-order valence-corrected chi connectivity index (χ3v) is 4.09. The second-order valence-corrected chi connectivity index (χ2v) is 6.24. The first-order valence-electron chi connectivity index (χ1n) is 7.58. The largest absolute Gasteiger partial charge is 0.444 e. The molecule has 2 aromatic heterocycles. The number of nitrogens with zero attached hydrogens (tertiary/aromatic N) is 2. The minimum atomic E-state index is -0.146. The van der Waals surface area contributed by atoms with Crippen LogP contribution in [0.4, 0.5) is 0 Å².